The molecule has 0 bridgehead atoms. The van der Waals surface area contributed by atoms with Crippen LogP contribution < -0.4 is 10.2 Å². The van der Waals surface area contributed by atoms with Crippen molar-refractivity contribution in [3.8, 4) is 0 Å². The Morgan fingerprint density at radius 1 is 1.37 bits per heavy atom. The number of nitrogens with one attached hydrogen (secondary N) is 1. The fourth-order valence-corrected chi connectivity index (χ4v) is 2.30. The van der Waals surface area contributed by atoms with Crippen molar-refractivity contribution in [2.24, 2.45) is 0 Å². The Kier molecular flexibility index (Phi) is 4.32. The third kappa shape index (κ3) is 3.41. The molecule has 0 saturated carbocycles. The molecule has 0 aromatic heterocycles. The summed E-state index contributed by atoms with van der Waals surface area (Å²) in [5, 5.41) is 3.25. The molecular weight excluding hydrogens is 240 g/mol. The molecule has 1 heterocycles. The molecule has 1 aliphatic rings. The standard InChI is InChI=1S/C15H20N2O2/c1-11(18)5-7-16-8-6-12-3-4-14-13(9-12)10-15(19)17(14)2/h3-4,9,16H,5-8,10H2,1-2H3. The lowest BCUT2D eigenvalue weighted by Crippen LogP contribution is -2.20. The second-order valence-electron chi connectivity index (χ2n) is 5.04. The molecule has 0 atom stereocenters. The number of anilines is 1. The molecule has 4 heteroatoms. The van der Waals surface area contributed by atoms with Crippen molar-refractivity contribution in [3.05, 3.63) is 29.3 Å². The zero-order valence-electron chi connectivity index (χ0n) is 11.5. The summed E-state index contributed by atoms with van der Waals surface area (Å²) < 4.78 is 0. The summed E-state index contributed by atoms with van der Waals surface area (Å²) >= 11 is 0. The highest BCUT2D eigenvalue weighted by Crippen LogP contribution is 2.28. The zero-order valence-corrected chi connectivity index (χ0v) is 11.5. The Hall–Kier alpha value is -1.68. The van der Waals surface area contributed by atoms with E-state index in [1.54, 1.807) is 11.8 Å². The second-order valence-corrected chi connectivity index (χ2v) is 5.04. The van der Waals surface area contributed by atoms with Gasteiger partial charge in [0, 0.05) is 25.7 Å². The molecule has 0 radical (unpaired) electrons. The van der Waals surface area contributed by atoms with E-state index in [0.717, 1.165) is 30.8 Å². The number of hydrogen-bond donors (Lipinski definition) is 1. The van der Waals surface area contributed by atoms with Gasteiger partial charge in [-0.2, -0.15) is 0 Å². The van der Waals surface area contributed by atoms with Crippen molar-refractivity contribution in [1.82, 2.24) is 5.32 Å². The first-order valence-electron chi connectivity index (χ1n) is 6.66. The Morgan fingerprint density at radius 2 is 2.16 bits per heavy atom. The lowest BCUT2D eigenvalue weighted by molar-refractivity contribution is -0.117. The van der Waals surface area contributed by atoms with Crippen LogP contribution in [0.15, 0.2) is 18.2 Å². The van der Waals surface area contributed by atoms with Crippen molar-refractivity contribution >= 4 is 17.4 Å². The maximum Gasteiger partial charge on any atom is 0.231 e. The summed E-state index contributed by atoms with van der Waals surface area (Å²) in [7, 11) is 1.82. The SMILES string of the molecule is CC(=O)CCNCCc1ccc2c(c1)CC(=O)N2C. The van der Waals surface area contributed by atoms with Gasteiger partial charge in [-0.3, -0.25) is 9.59 Å². The van der Waals surface area contributed by atoms with E-state index in [1.807, 2.05) is 13.1 Å². The molecule has 0 saturated heterocycles. The number of ketones is 1. The first kappa shape index (κ1) is 13.7. The molecule has 1 N–H and O–H groups in total. The largest absolute Gasteiger partial charge is 0.316 e. The molecule has 1 amide bonds. The minimum Gasteiger partial charge on any atom is -0.316 e. The summed E-state index contributed by atoms with van der Waals surface area (Å²) in [5.74, 6) is 0.373. The van der Waals surface area contributed by atoms with Crippen molar-refractivity contribution in [2.45, 2.75) is 26.2 Å². The predicted molar refractivity (Wildman–Crippen MR) is 75.4 cm³/mol. The van der Waals surface area contributed by atoms with E-state index >= 15 is 0 Å². The van der Waals surface area contributed by atoms with Gasteiger partial charge in [-0.1, -0.05) is 12.1 Å². The molecule has 0 fully saturated rings. The maximum atomic E-state index is 11.6. The quantitative estimate of drug-likeness (QED) is 0.785. The average molecular weight is 260 g/mol. The van der Waals surface area contributed by atoms with Crippen LogP contribution >= 0.6 is 0 Å². The number of nitrogens with zero attached hydrogens (tertiary/aromatic N) is 1. The van der Waals surface area contributed by atoms with Gasteiger partial charge < -0.3 is 10.2 Å². The van der Waals surface area contributed by atoms with Crippen LogP contribution in [0.5, 0.6) is 0 Å². The molecule has 1 aromatic carbocycles. The van der Waals surface area contributed by atoms with Gasteiger partial charge in [0.05, 0.1) is 6.42 Å². The molecule has 0 spiro atoms. The minimum absolute atomic E-state index is 0.159. The first-order chi connectivity index (χ1) is 9.08. The number of rotatable bonds is 6. The average Bonchev–Trinajstić information content (AvgIpc) is 2.64. The van der Waals surface area contributed by atoms with Gasteiger partial charge in [-0.05, 0) is 37.1 Å². The van der Waals surface area contributed by atoms with E-state index in [2.05, 4.69) is 17.4 Å². The van der Waals surface area contributed by atoms with Gasteiger partial charge >= 0.3 is 0 Å². The van der Waals surface area contributed by atoms with E-state index < -0.39 is 0 Å². The van der Waals surface area contributed by atoms with E-state index in [1.165, 1.54) is 5.56 Å². The molecule has 0 unspecified atom stereocenters. The molecule has 102 valence electrons. The van der Waals surface area contributed by atoms with Crippen molar-refractivity contribution in [2.75, 3.05) is 25.0 Å². The highest BCUT2D eigenvalue weighted by Gasteiger charge is 2.23. The monoisotopic (exact) mass is 260 g/mol. The van der Waals surface area contributed by atoms with Gasteiger partial charge in [-0.25, -0.2) is 0 Å². The Bertz CT molecular complexity index is 497. The number of hydrogen-bond acceptors (Lipinski definition) is 3. The summed E-state index contributed by atoms with van der Waals surface area (Å²) in [6.45, 7) is 3.20. The van der Waals surface area contributed by atoms with Gasteiger partial charge in [0.2, 0.25) is 5.91 Å². The predicted octanol–water partition coefficient (Wildman–Crippen LogP) is 1.32. The number of benzene rings is 1. The van der Waals surface area contributed by atoms with Crippen LogP contribution in [-0.4, -0.2) is 31.8 Å². The van der Waals surface area contributed by atoms with Crippen molar-refractivity contribution in [3.63, 3.8) is 0 Å². The third-order valence-electron chi connectivity index (χ3n) is 3.47. The maximum absolute atomic E-state index is 11.6. The highest BCUT2D eigenvalue weighted by atomic mass is 16.2. The molecule has 2 rings (SSSR count). The van der Waals surface area contributed by atoms with E-state index in [9.17, 15) is 9.59 Å². The summed E-state index contributed by atoms with van der Waals surface area (Å²) in [5.41, 5.74) is 3.38. The van der Waals surface area contributed by atoms with E-state index in [-0.39, 0.29) is 11.7 Å². The van der Waals surface area contributed by atoms with Gasteiger partial charge in [-0.15, -0.1) is 0 Å². The number of likely N-dealkylation sites (N-methyl/N-ethyl adjacent to an activating group) is 1. The van der Waals surface area contributed by atoms with Gasteiger partial charge in [0.25, 0.3) is 0 Å². The molecule has 1 aromatic rings. The summed E-state index contributed by atoms with van der Waals surface area (Å²) in [6, 6.07) is 6.20. The van der Waals surface area contributed by atoms with Crippen molar-refractivity contribution < 1.29 is 9.59 Å². The van der Waals surface area contributed by atoms with Crippen LogP contribution in [0, 0.1) is 0 Å². The third-order valence-corrected chi connectivity index (χ3v) is 3.47. The van der Waals surface area contributed by atoms with Crippen LogP contribution in [0.1, 0.15) is 24.5 Å². The zero-order chi connectivity index (χ0) is 13.8. The molecule has 1 aliphatic heterocycles. The van der Waals surface area contributed by atoms with E-state index in [0.29, 0.717) is 12.8 Å². The fourth-order valence-electron chi connectivity index (χ4n) is 2.30. The van der Waals surface area contributed by atoms with Gasteiger partial charge in [0.1, 0.15) is 5.78 Å². The Labute approximate surface area is 113 Å². The van der Waals surface area contributed by atoms with Crippen LogP contribution in [0.25, 0.3) is 0 Å². The number of amides is 1. The first-order valence-corrected chi connectivity index (χ1v) is 6.66. The lowest BCUT2D eigenvalue weighted by atomic mass is 10.1. The van der Waals surface area contributed by atoms with Crippen LogP contribution in [0.4, 0.5) is 5.69 Å². The normalized spacial score (nSPS) is 13.8. The van der Waals surface area contributed by atoms with Gasteiger partial charge in [0.15, 0.2) is 0 Å². The Morgan fingerprint density at radius 3 is 2.89 bits per heavy atom. The molecular formula is C15H20N2O2. The summed E-state index contributed by atoms with van der Waals surface area (Å²) in [4.78, 5) is 24.1. The second kappa shape index (κ2) is 5.97. The fraction of sp³-hybridized carbons (Fsp3) is 0.467. The number of carbonyl (C=O) groups is 2. The van der Waals surface area contributed by atoms with Crippen molar-refractivity contribution in [1.29, 1.82) is 0 Å². The summed E-state index contributed by atoms with van der Waals surface area (Å²) in [6.07, 6.45) is 2.02. The Balaban J connectivity index is 1.85. The van der Waals surface area contributed by atoms with E-state index in [4.69, 9.17) is 0 Å². The van der Waals surface area contributed by atoms with Crippen LogP contribution in [0.3, 0.4) is 0 Å². The number of fused-ring (bicyclic) bond motifs is 1. The molecule has 4 nitrogen and oxygen atoms in total. The lowest BCUT2D eigenvalue weighted by Gasteiger charge is -2.10. The molecule has 0 aliphatic carbocycles. The smallest absolute Gasteiger partial charge is 0.231 e. The number of Topliss-reactive ketones (excluding diaryl/α,β-unsaturated/α-hetero) is 1. The topological polar surface area (TPSA) is 49.4 Å². The molecule has 19 heavy (non-hydrogen) atoms. The van der Waals surface area contributed by atoms with Crippen LogP contribution in [-0.2, 0) is 22.4 Å². The number of carbonyl (C=O) groups excluding carboxylic acids is 2. The minimum atomic E-state index is 0.159. The highest BCUT2D eigenvalue weighted by molar-refractivity contribution is 6.00. The van der Waals surface area contributed by atoms with Crippen LogP contribution in [0.2, 0.25) is 0 Å².